The van der Waals surface area contributed by atoms with E-state index in [-0.39, 0.29) is 6.10 Å². The molecule has 1 unspecified atom stereocenters. The van der Waals surface area contributed by atoms with Crippen molar-refractivity contribution in [2.75, 3.05) is 7.11 Å². The standard InChI is InChI=1S/C11H11Cl2N3O/c1-7(17-2)8-5-6-14-16(8)9-3-4-10(12)15-11(9)13/h3-7H,1-2H3. The fourth-order valence-electron chi connectivity index (χ4n) is 1.51. The molecule has 0 fully saturated rings. The van der Waals surface area contributed by atoms with Crippen molar-refractivity contribution in [2.24, 2.45) is 0 Å². The lowest BCUT2D eigenvalue weighted by Gasteiger charge is -2.13. The molecule has 1 atom stereocenters. The van der Waals surface area contributed by atoms with E-state index in [4.69, 9.17) is 27.9 Å². The molecule has 0 amide bonds. The van der Waals surface area contributed by atoms with Crippen molar-refractivity contribution in [1.82, 2.24) is 14.8 Å². The molecule has 0 radical (unpaired) electrons. The van der Waals surface area contributed by atoms with Gasteiger partial charge in [0, 0.05) is 13.3 Å². The number of hydrogen-bond donors (Lipinski definition) is 0. The van der Waals surface area contributed by atoms with E-state index in [2.05, 4.69) is 10.1 Å². The highest BCUT2D eigenvalue weighted by Crippen LogP contribution is 2.24. The largest absolute Gasteiger partial charge is 0.375 e. The van der Waals surface area contributed by atoms with E-state index in [1.54, 1.807) is 30.1 Å². The van der Waals surface area contributed by atoms with Gasteiger partial charge in [-0.15, -0.1) is 0 Å². The summed E-state index contributed by atoms with van der Waals surface area (Å²) in [6.45, 7) is 1.94. The van der Waals surface area contributed by atoms with Crippen LogP contribution in [0.5, 0.6) is 0 Å². The minimum Gasteiger partial charge on any atom is -0.375 e. The molecule has 17 heavy (non-hydrogen) atoms. The minimum atomic E-state index is -0.0794. The van der Waals surface area contributed by atoms with Crippen LogP contribution in [0, 0.1) is 0 Å². The summed E-state index contributed by atoms with van der Waals surface area (Å²) in [5.74, 6) is 0. The van der Waals surface area contributed by atoms with E-state index in [1.165, 1.54) is 0 Å². The second kappa shape index (κ2) is 5.04. The summed E-state index contributed by atoms with van der Waals surface area (Å²) in [4.78, 5) is 3.99. The van der Waals surface area contributed by atoms with E-state index >= 15 is 0 Å². The zero-order valence-corrected chi connectivity index (χ0v) is 10.9. The van der Waals surface area contributed by atoms with E-state index in [1.807, 2.05) is 13.0 Å². The molecule has 0 aliphatic carbocycles. The quantitative estimate of drug-likeness (QED) is 0.805. The van der Waals surface area contributed by atoms with Gasteiger partial charge in [0.05, 0.1) is 11.8 Å². The molecule has 0 N–H and O–H groups in total. The van der Waals surface area contributed by atoms with Gasteiger partial charge in [0.25, 0.3) is 0 Å². The third kappa shape index (κ3) is 2.44. The Morgan fingerprint density at radius 2 is 2.06 bits per heavy atom. The first-order chi connectivity index (χ1) is 8.13. The van der Waals surface area contributed by atoms with Crippen LogP contribution < -0.4 is 0 Å². The molecule has 4 nitrogen and oxygen atoms in total. The van der Waals surface area contributed by atoms with Crippen LogP contribution in [0.3, 0.4) is 0 Å². The van der Waals surface area contributed by atoms with E-state index in [0.717, 1.165) is 5.69 Å². The number of methoxy groups -OCH3 is 1. The number of nitrogens with zero attached hydrogens (tertiary/aromatic N) is 3. The van der Waals surface area contributed by atoms with Gasteiger partial charge in [0.1, 0.15) is 10.8 Å². The van der Waals surface area contributed by atoms with E-state index in [9.17, 15) is 0 Å². The van der Waals surface area contributed by atoms with Gasteiger partial charge < -0.3 is 4.74 Å². The molecule has 2 rings (SSSR count). The van der Waals surface area contributed by atoms with Crippen LogP contribution in [0.15, 0.2) is 24.4 Å². The summed E-state index contributed by atoms with van der Waals surface area (Å²) in [6, 6.07) is 5.32. The molecule has 0 spiro atoms. The zero-order chi connectivity index (χ0) is 12.4. The van der Waals surface area contributed by atoms with E-state index < -0.39 is 0 Å². The Hall–Kier alpha value is -1.10. The monoisotopic (exact) mass is 271 g/mol. The molecule has 90 valence electrons. The molecule has 0 saturated heterocycles. The highest BCUT2D eigenvalue weighted by atomic mass is 35.5. The zero-order valence-electron chi connectivity index (χ0n) is 9.39. The Kier molecular flexibility index (Phi) is 3.66. The Bertz CT molecular complexity index is 527. The van der Waals surface area contributed by atoms with Gasteiger partial charge in [-0.1, -0.05) is 23.2 Å². The number of halogens is 2. The summed E-state index contributed by atoms with van der Waals surface area (Å²) >= 11 is 11.8. The lowest BCUT2D eigenvalue weighted by molar-refractivity contribution is 0.114. The van der Waals surface area contributed by atoms with E-state index in [0.29, 0.717) is 16.0 Å². The maximum absolute atomic E-state index is 6.04. The average molecular weight is 272 g/mol. The number of pyridine rings is 1. The molecule has 0 aliphatic rings. The van der Waals surface area contributed by atoms with Crippen LogP contribution in [0.2, 0.25) is 10.3 Å². The van der Waals surface area contributed by atoms with Crippen LogP contribution in [-0.2, 0) is 4.74 Å². The summed E-state index contributed by atoms with van der Waals surface area (Å²) in [7, 11) is 1.64. The fourth-order valence-corrected chi connectivity index (χ4v) is 1.93. The molecular weight excluding hydrogens is 261 g/mol. The Balaban J connectivity index is 2.50. The number of rotatable bonds is 3. The first-order valence-electron chi connectivity index (χ1n) is 5.02. The molecule has 2 aromatic heterocycles. The van der Waals surface area contributed by atoms with Gasteiger partial charge in [-0.25, -0.2) is 9.67 Å². The molecule has 6 heteroatoms. The highest BCUT2D eigenvalue weighted by Gasteiger charge is 2.14. The lowest BCUT2D eigenvalue weighted by Crippen LogP contribution is -2.07. The predicted molar refractivity (Wildman–Crippen MR) is 66.8 cm³/mol. The van der Waals surface area contributed by atoms with Gasteiger partial charge in [0.15, 0.2) is 5.15 Å². The van der Waals surface area contributed by atoms with Crippen LogP contribution in [0.4, 0.5) is 0 Å². The van der Waals surface area contributed by atoms with Gasteiger partial charge in [-0.2, -0.15) is 5.10 Å². The molecule has 0 aromatic carbocycles. The predicted octanol–water partition coefficient (Wildman–Crippen LogP) is 3.28. The summed E-state index contributed by atoms with van der Waals surface area (Å²) < 4.78 is 6.96. The molecule has 0 aliphatic heterocycles. The van der Waals surface area contributed by atoms with Crippen molar-refractivity contribution in [2.45, 2.75) is 13.0 Å². The summed E-state index contributed by atoms with van der Waals surface area (Å²) in [5.41, 5.74) is 1.58. The van der Waals surface area contributed by atoms with Crippen molar-refractivity contribution >= 4 is 23.2 Å². The van der Waals surface area contributed by atoms with Crippen molar-refractivity contribution in [3.63, 3.8) is 0 Å². The molecule has 0 saturated carbocycles. The summed E-state index contributed by atoms with van der Waals surface area (Å²) in [6.07, 6.45) is 1.61. The smallest absolute Gasteiger partial charge is 0.156 e. The van der Waals surface area contributed by atoms with Crippen molar-refractivity contribution in [3.05, 3.63) is 40.4 Å². The van der Waals surface area contributed by atoms with Crippen LogP contribution in [0.25, 0.3) is 5.69 Å². The van der Waals surface area contributed by atoms with Crippen molar-refractivity contribution in [1.29, 1.82) is 0 Å². The maximum Gasteiger partial charge on any atom is 0.156 e. The molecule has 2 aromatic rings. The Labute approximate surface area is 109 Å². The molecule has 0 bridgehead atoms. The Morgan fingerprint density at radius 1 is 1.29 bits per heavy atom. The molecule has 2 heterocycles. The van der Waals surface area contributed by atoms with Crippen LogP contribution >= 0.6 is 23.2 Å². The molecular formula is C11H11Cl2N3O. The van der Waals surface area contributed by atoms with Crippen LogP contribution in [0.1, 0.15) is 18.7 Å². The first-order valence-corrected chi connectivity index (χ1v) is 5.78. The lowest BCUT2D eigenvalue weighted by atomic mass is 10.3. The average Bonchev–Trinajstić information content (AvgIpc) is 2.77. The Morgan fingerprint density at radius 3 is 2.71 bits per heavy atom. The topological polar surface area (TPSA) is 39.9 Å². The summed E-state index contributed by atoms with van der Waals surface area (Å²) in [5, 5.41) is 4.88. The van der Waals surface area contributed by atoms with Crippen molar-refractivity contribution < 1.29 is 4.74 Å². The highest BCUT2D eigenvalue weighted by molar-refractivity contribution is 6.33. The number of ether oxygens (including phenoxy) is 1. The normalized spacial score (nSPS) is 12.7. The first kappa shape index (κ1) is 12.4. The van der Waals surface area contributed by atoms with Gasteiger partial charge in [0.2, 0.25) is 0 Å². The minimum absolute atomic E-state index is 0.0794. The van der Waals surface area contributed by atoms with Gasteiger partial charge in [-0.05, 0) is 25.1 Å². The van der Waals surface area contributed by atoms with Gasteiger partial charge >= 0.3 is 0 Å². The second-order valence-electron chi connectivity index (χ2n) is 3.49. The SMILES string of the molecule is COC(C)c1ccnn1-c1ccc(Cl)nc1Cl. The van der Waals surface area contributed by atoms with Gasteiger partial charge in [-0.3, -0.25) is 0 Å². The van der Waals surface area contributed by atoms with Crippen molar-refractivity contribution in [3.8, 4) is 5.69 Å². The van der Waals surface area contributed by atoms with Crippen LogP contribution in [-0.4, -0.2) is 21.9 Å². The maximum atomic E-state index is 6.04. The number of aromatic nitrogens is 3. The second-order valence-corrected chi connectivity index (χ2v) is 4.23. The third-order valence-electron chi connectivity index (χ3n) is 2.47. The fraction of sp³-hybridized carbons (Fsp3) is 0.273. The number of hydrogen-bond acceptors (Lipinski definition) is 3. The third-order valence-corrected chi connectivity index (χ3v) is 2.95.